The first-order valence-corrected chi connectivity index (χ1v) is 9.99. The molecule has 28 heavy (non-hydrogen) atoms. The van der Waals surface area contributed by atoms with E-state index in [4.69, 9.17) is 16.1 Å². The van der Waals surface area contributed by atoms with E-state index in [1.165, 1.54) is 0 Å². The number of aryl methyl sites for hydroxylation is 1. The molecule has 146 valence electrons. The first-order valence-electron chi connectivity index (χ1n) is 8.82. The number of aromatic nitrogens is 4. The van der Waals surface area contributed by atoms with Crippen LogP contribution in [0.25, 0.3) is 11.4 Å². The number of carbonyl (C=O) groups excluding carboxylic acids is 1. The Balaban J connectivity index is 1.34. The van der Waals surface area contributed by atoms with Crippen LogP contribution in [0.3, 0.4) is 0 Å². The molecule has 1 saturated heterocycles. The quantitative estimate of drug-likeness (QED) is 0.636. The van der Waals surface area contributed by atoms with Gasteiger partial charge in [-0.3, -0.25) is 14.8 Å². The molecular formula is C18H18BrClN6O2. The predicted molar refractivity (Wildman–Crippen MR) is 107 cm³/mol. The summed E-state index contributed by atoms with van der Waals surface area (Å²) >= 11 is 9.32. The largest absolute Gasteiger partial charge is 0.338 e. The molecular weight excluding hydrogens is 448 g/mol. The van der Waals surface area contributed by atoms with Crippen molar-refractivity contribution < 1.29 is 9.32 Å². The maximum absolute atomic E-state index is 12.6. The highest BCUT2D eigenvalue weighted by molar-refractivity contribution is 9.10. The van der Waals surface area contributed by atoms with Gasteiger partial charge in [0.15, 0.2) is 5.69 Å². The third kappa shape index (κ3) is 3.96. The van der Waals surface area contributed by atoms with Gasteiger partial charge in [0.25, 0.3) is 5.91 Å². The summed E-state index contributed by atoms with van der Waals surface area (Å²) in [5.74, 6) is 1.02. The van der Waals surface area contributed by atoms with Crippen LogP contribution < -0.4 is 0 Å². The van der Waals surface area contributed by atoms with Gasteiger partial charge >= 0.3 is 0 Å². The Labute approximate surface area is 175 Å². The lowest BCUT2D eigenvalue weighted by Gasteiger charge is -2.33. The molecule has 0 spiro atoms. The minimum Gasteiger partial charge on any atom is -0.338 e. The smallest absolute Gasteiger partial charge is 0.275 e. The third-order valence-electron chi connectivity index (χ3n) is 4.66. The molecule has 1 aliphatic rings. The minimum atomic E-state index is -0.0707. The van der Waals surface area contributed by atoms with Crippen LogP contribution in [-0.2, 0) is 6.54 Å². The van der Waals surface area contributed by atoms with Gasteiger partial charge in [0.05, 0.1) is 11.0 Å². The Morgan fingerprint density at radius 2 is 1.96 bits per heavy atom. The number of aromatic amines is 1. The Hall–Kier alpha value is -2.23. The van der Waals surface area contributed by atoms with E-state index in [1.807, 2.05) is 24.0 Å². The zero-order valence-corrected chi connectivity index (χ0v) is 17.5. The molecule has 3 heterocycles. The number of amides is 1. The molecule has 1 aromatic carbocycles. The molecule has 0 radical (unpaired) electrons. The second kappa shape index (κ2) is 8.02. The number of hydrogen-bond donors (Lipinski definition) is 1. The lowest BCUT2D eigenvalue weighted by atomic mass is 10.2. The Morgan fingerprint density at radius 1 is 1.25 bits per heavy atom. The van der Waals surface area contributed by atoms with Gasteiger partial charge in [-0.2, -0.15) is 10.1 Å². The molecule has 0 saturated carbocycles. The van der Waals surface area contributed by atoms with Crippen molar-refractivity contribution in [2.75, 3.05) is 26.2 Å². The van der Waals surface area contributed by atoms with Crippen LogP contribution in [0, 0.1) is 6.92 Å². The molecule has 1 aliphatic heterocycles. The third-order valence-corrected chi connectivity index (χ3v) is 5.89. The van der Waals surface area contributed by atoms with Crippen molar-refractivity contribution in [1.29, 1.82) is 0 Å². The second-order valence-corrected chi connectivity index (χ2v) is 7.83. The maximum Gasteiger partial charge on any atom is 0.275 e. The topological polar surface area (TPSA) is 91.2 Å². The van der Waals surface area contributed by atoms with Crippen LogP contribution in [-0.4, -0.2) is 62.2 Å². The lowest BCUT2D eigenvalue weighted by molar-refractivity contribution is 0.0608. The maximum atomic E-state index is 12.6. The Morgan fingerprint density at radius 3 is 2.61 bits per heavy atom. The average molecular weight is 466 g/mol. The van der Waals surface area contributed by atoms with Gasteiger partial charge < -0.3 is 9.42 Å². The monoisotopic (exact) mass is 464 g/mol. The molecule has 1 fully saturated rings. The fourth-order valence-electron chi connectivity index (χ4n) is 3.04. The molecule has 2 aromatic heterocycles. The van der Waals surface area contributed by atoms with Gasteiger partial charge in [0, 0.05) is 42.5 Å². The number of benzene rings is 1. The van der Waals surface area contributed by atoms with E-state index < -0.39 is 0 Å². The number of piperazine rings is 1. The highest BCUT2D eigenvalue weighted by Crippen LogP contribution is 2.21. The van der Waals surface area contributed by atoms with Crippen molar-refractivity contribution in [3.63, 3.8) is 0 Å². The van der Waals surface area contributed by atoms with Gasteiger partial charge in [-0.25, -0.2) is 0 Å². The van der Waals surface area contributed by atoms with Gasteiger partial charge in [0.2, 0.25) is 11.7 Å². The van der Waals surface area contributed by atoms with Crippen LogP contribution in [0.2, 0.25) is 5.02 Å². The summed E-state index contributed by atoms with van der Waals surface area (Å²) in [7, 11) is 0. The summed E-state index contributed by atoms with van der Waals surface area (Å²) in [6.07, 6.45) is 0. The molecule has 8 nitrogen and oxygen atoms in total. The average Bonchev–Trinajstić information content (AvgIpc) is 3.30. The fraction of sp³-hybridized carbons (Fsp3) is 0.333. The molecule has 0 unspecified atom stereocenters. The SMILES string of the molecule is Cc1[nH]nc(C(=O)N2CCN(Cc3nc(-c4ccc(Cl)cc4)no3)CC2)c1Br. The fourth-order valence-corrected chi connectivity index (χ4v) is 3.52. The van der Waals surface area contributed by atoms with Gasteiger partial charge in [0.1, 0.15) is 0 Å². The van der Waals surface area contributed by atoms with Crippen LogP contribution in [0.5, 0.6) is 0 Å². The summed E-state index contributed by atoms with van der Waals surface area (Å²) in [5.41, 5.74) is 2.13. The number of hydrogen-bond acceptors (Lipinski definition) is 6. The summed E-state index contributed by atoms with van der Waals surface area (Å²) in [6.45, 7) is 5.11. The van der Waals surface area contributed by atoms with Crippen molar-refractivity contribution in [1.82, 2.24) is 30.1 Å². The number of carbonyl (C=O) groups is 1. The van der Waals surface area contributed by atoms with Gasteiger partial charge in [-0.15, -0.1) is 0 Å². The lowest BCUT2D eigenvalue weighted by Crippen LogP contribution is -2.48. The van der Waals surface area contributed by atoms with E-state index in [1.54, 1.807) is 12.1 Å². The highest BCUT2D eigenvalue weighted by Gasteiger charge is 2.26. The second-order valence-electron chi connectivity index (χ2n) is 6.60. The van der Waals surface area contributed by atoms with E-state index in [-0.39, 0.29) is 5.91 Å². The van der Waals surface area contributed by atoms with Crippen molar-refractivity contribution in [3.05, 3.63) is 51.0 Å². The number of rotatable bonds is 4. The predicted octanol–water partition coefficient (Wildman–Crippen LogP) is 3.14. The van der Waals surface area contributed by atoms with Crippen LogP contribution >= 0.6 is 27.5 Å². The van der Waals surface area contributed by atoms with Gasteiger partial charge in [-0.1, -0.05) is 16.8 Å². The standard InChI is InChI=1S/C18H18BrClN6O2/c1-11-15(19)16(23-22-11)18(27)26-8-6-25(7-9-26)10-14-21-17(24-28-14)12-2-4-13(20)5-3-12/h2-5H,6-10H2,1H3,(H,22,23). The molecule has 1 amide bonds. The molecule has 0 bridgehead atoms. The molecule has 0 atom stereocenters. The zero-order chi connectivity index (χ0) is 19.7. The Bertz CT molecular complexity index is 978. The van der Waals surface area contributed by atoms with E-state index >= 15 is 0 Å². The van der Waals surface area contributed by atoms with Gasteiger partial charge in [-0.05, 0) is 47.1 Å². The summed E-state index contributed by atoms with van der Waals surface area (Å²) < 4.78 is 6.10. The number of nitrogens with one attached hydrogen (secondary N) is 1. The van der Waals surface area contributed by atoms with E-state index in [0.29, 0.717) is 42.1 Å². The first-order chi connectivity index (χ1) is 13.5. The van der Waals surface area contributed by atoms with Crippen molar-refractivity contribution in [2.45, 2.75) is 13.5 Å². The molecule has 0 aliphatic carbocycles. The molecule has 3 aromatic rings. The van der Waals surface area contributed by atoms with E-state index in [9.17, 15) is 4.79 Å². The Kier molecular flexibility index (Phi) is 5.47. The summed E-state index contributed by atoms with van der Waals surface area (Å²) in [4.78, 5) is 21.1. The first kappa shape index (κ1) is 19.1. The van der Waals surface area contributed by atoms with Crippen molar-refractivity contribution in [2.24, 2.45) is 0 Å². The highest BCUT2D eigenvalue weighted by atomic mass is 79.9. The van der Waals surface area contributed by atoms with Crippen molar-refractivity contribution >= 4 is 33.4 Å². The van der Waals surface area contributed by atoms with Crippen LogP contribution in [0.1, 0.15) is 22.1 Å². The number of halogens is 2. The normalized spacial score (nSPS) is 15.2. The van der Waals surface area contributed by atoms with Crippen molar-refractivity contribution in [3.8, 4) is 11.4 Å². The number of H-pyrrole nitrogens is 1. The van der Waals surface area contributed by atoms with Crippen LogP contribution in [0.15, 0.2) is 33.3 Å². The zero-order valence-electron chi connectivity index (χ0n) is 15.2. The molecule has 10 heteroatoms. The summed E-state index contributed by atoms with van der Waals surface area (Å²) in [5, 5.41) is 11.6. The van der Waals surface area contributed by atoms with Crippen LogP contribution in [0.4, 0.5) is 0 Å². The number of nitrogens with zero attached hydrogens (tertiary/aromatic N) is 5. The minimum absolute atomic E-state index is 0.0707. The van der Waals surface area contributed by atoms with E-state index in [0.717, 1.165) is 28.8 Å². The molecule has 4 rings (SSSR count). The molecule has 1 N–H and O–H groups in total. The van der Waals surface area contributed by atoms with E-state index in [2.05, 4.69) is 41.2 Å². The summed E-state index contributed by atoms with van der Waals surface area (Å²) in [6, 6.07) is 7.30.